The van der Waals surface area contributed by atoms with E-state index < -0.39 is 0 Å². The van der Waals surface area contributed by atoms with Crippen molar-refractivity contribution in [1.82, 2.24) is 10.2 Å². The van der Waals surface area contributed by atoms with Gasteiger partial charge in [0.05, 0.1) is 13.5 Å². The van der Waals surface area contributed by atoms with Crippen LogP contribution in [0.4, 0.5) is 0 Å². The number of methoxy groups -OCH3 is 1. The van der Waals surface area contributed by atoms with E-state index in [1.165, 1.54) is 0 Å². The lowest BCUT2D eigenvalue weighted by Gasteiger charge is -2.32. The molecule has 1 aromatic carbocycles. The smallest absolute Gasteiger partial charge is 0.227 e. The van der Waals surface area contributed by atoms with Crippen LogP contribution >= 0.6 is 0 Å². The molecule has 1 N–H and O–H groups in total. The van der Waals surface area contributed by atoms with Gasteiger partial charge in [-0.1, -0.05) is 25.1 Å². The molecule has 1 heterocycles. The maximum atomic E-state index is 12.5. The number of piperidine rings is 1. The van der Waals surface area contributed by atoms with Crippen LogP contribution in [-0.2, 0) is 16.0 Å². The second-order valence-corrected chi connectivity index (χ2v) is 6.97. The topological polar surface area (TPSA) is 58.6 Å². The molecule has 0 radical (unpaired) electrons. The maximum Gasteiger partial charge on any atom is 0.227 e. The number of amides is 2. The molecule has 2 fully saturated rings. The maximum absolute atomic E-state index is 12.5. The van der Waals surface area contributed by atoms with Gasteiger partial charge in [0.25, 0.3) is 0 Å². The predicted octanol–water partition coefficient (Wildman–Crippen LogP) is 2.00. The monoisotopic (exact) mass is 330 g/mol. The summed E-state index contributed by atoms with van der Waals surface area (Å²) in [5.41, 5.74) is 0.920. The summed E-state index contributed by atoms with van der Waals surface area (Å²) in [4.78, 5) is 26.4. The lowest BCUT2D eigenvalue weighted by atomic mass is 10.0. The van der Waals surface area contributed by atoms with E-state index in [4.69, 9.17) is 4.74 Å². The molecule has 1 saturated heterocycles. The summed E-state index contributed by atoms with van der Waals surface area (Å²) in [7, 11) is 1.62. The van der Waals surface area contributed by atoms with Crippen molar-refractivity contribution in [2.24, 2.45) is 11.8 Å². The Balaban J connectivity index is 1.47. The lowest BCUT2D eigenvalue weighted by Crippen LogP contribution is -2.47. The summed E-state index contributed by atoms with van der Waals surface area (Å²) in [6.07, 6.45) is 3.05. The minimum absolute atomic E-state index is 0.125. The van der Waals surface area contributed by atoms with Gasteiger partial charge in [0.2, 0.25) is 11.8 Å². The first-order valence-electron chi connectivity index (χ1n) is 8.78. The highest BCUT2D eigenvalue weighted by molar-refractivity contribution is 5.82. The van der Waals surface area contributed by atoms with Gasteiger partial charge in [-0.3, -0.25) is 9.59 Å². The Morgan fingerprint density at radius 2 is 1.92 bits per heavy atom. The summed E-state index contributed by atoms with van der Waals surface area (Å²) < 4.78 is 5.31. The molecule has 130 valence electrons. The third-order valence-electron chi connectivity index (χ3n) is 5.17. The lowest BCUT2D eigenvalue weighted by molar-refractivity contribution is -0.131. The number of carbonyl (C=O) groups is 2. The predicted molar refractivity (Wildman–Crippen MR) is 91.7 cm³/mol. The van der Waals surface area contributed by atoms with Gasteiger partial charge >= 0.3 is 0 Å². The minimum atomic E-state index is 0.125. The molecule has 0 spiro atoms. The summed E-state index contributed by atoms with van der Waals surface area (Å²) in [5, 5.41) is 3.14. The van der Waals surface area contributed by atoms with Crippen LogP contribution in [0.15, 0.2) is 24.3 Å². The summed E-state index contributed by atoms with van der Waals surface area (Å²) in [5.74, 6) is 1.83. The van der Waals surface area contributed by atoms with Crippen LogP contribution in [-0.4, -0.2) is 43.0 Å². The number of nitrogens with zero attached hydrogens (tertiary/aromatic N) is 1. The Morgan fingerprint density at radius 1 is 1.25 bits per heavy atom. The molecular formula is C19H26N2O3. The van der Waals surface area contributed by atoms with E-state index in [1.807, 2.05) is 29.2 Å². The first kappa shape index (κ1) is 16.8. The molecule has 1 saturated carbocycles. The number of carbonyl (C=O) groups excluding carboxylic acids is 2. The highest BCUT2D eigenvalue weighted by atomic mass is 16.5. The first-order chi connectivity index (χ1) is 11.6. The van der Waals surface area contributed by atoms with Gasteiger partial charge < -0.3 is 15.0 Å². The van der Waals surface area contributed by atoms with E-state index >= 15 is 0 Å². The fourth-order valence-electron chi connectivity index (χ4n) is 3.39. The van der Waals surface area contributed by atoms with Gasteiger partial charge in [0.15, 0.2) is 0 Å². The van der Waals surface area contributed by atoms with Crippen LogP contribution in [0.3, 0.4) is 0 Å². The van der Waals surface area contributed by atoms with E-state index in [0.717, 1.165) is 30.6 Å². The van der Waals surface area contributed by atoms with Crippen molar-refractivity contribution >= 4 is 11.8 Å². The van der Waals surface area contributed by atoms with Crippen molar-refractivity contribution in [2.75, 3.05) is 20.2 Å². The highest BCUT2D eigenvalue weighted by Crippen LogP contribution is 2.37. The molecular weight excluding hydrogens is 304 g/mol. The zero-order chi connectivity index (χ0) is 17.1. The normalized spacial score (nSPS) is 23.7. The van der Waals surface area contributed by atoms with E-state index in [2.05, 4.69) is 12.2 Å². The second kappa shape index (κ2) is 7.24. The summed E-state index contributed by atoms with van der Waals surface area (Å²) in [6.45, 7) is 3.53. The molecule has 1 aliphatic carbocycles. The van der Waals surface area contributed by atoms with E-state index in [9.17, 15) is 9.59 Å². The standard InChI is InChI=1S/C19H26N2O3/c1-13-11-16(13)19(23)20-15-7-9-21(10-8-15)18(22)12-14-5-3-4-6-17(14)24-2/h3-6,13,15-16H,7-12H2,1-2H3,(H,20,23)/t13-,16+/m0/s1. The zero-order valence-electron chi connectivity index (χ0n) is 14.5. The Morgan fingerprint density at radius 3 is 2.54 bits per heavy atom. The quantitative estimate of drug-likeness (QED) is 0.898. The fraction of sp³-hybridized carbons (Fsp3) is 0.579. The molecule has 1 aliphatic heterocycles. The fourth-order valence-corrected chi connectivity index (χ4v) is 3.39. The van der Waals surface area contributed by atoms with Crippen molar-refractivity contribution in [3.05, 3.63) is 29.8 Å². The summed E-state index contributed by atoms with van der Waals surface area (Å²) in [6, 6.07) is 7.85. The average molecular weight is 330 g/mol. The van der Waals surface area contributed by atoms with E-state index in [-0.39, 0.29) is 23.8 Å². The van der Waals surface area contributed by atoms with Crippen LogP contribution in [0.5, 0.6) is 5.75 Å². The van der Waals surface area contributed by atoms with Gasteiger partial charge in [0, 0.05) is 30.6 Å². The van der Waals surface area contributed by atoms with Crippen LogP contribution in [0.25, 0.3) is 0 Å². The van der Waals surface area contributed by atoms with E-state index in [0.29, 0.717) is 25.4 Å². The Hall–Kier alpha value is -2.04. The van der Waals surface area contributed by atoms with Crippen molar-refractivity contribution in [2.45, 2.75) is 38.6 Å². The number of ether oxygens (including phenoxy) is 1. The van der Waals surface area contributed by atoms with Gasteiger partial charge in [-0.25, -0.2) is 0 Å². The number of likely N-dealkylation sites (tertiary alicyclic amines) is 1. The Bertz CT molecular complexity index is 608. The molecule has 24 heavy (non-hydrogen) atoms. The molecule has 5 nitrogen and oxygen atoms in total. The first-order valence-corrected chi connectivity index (χ1v) is 8.78. The number of hydrogen-bond acceptors (Lipinski definition) is 3. The SMILES string of the molecule is COc1ccccc1CC(=O)N1CCC(NC(=O)[C@@H]2C[C@@H]2C)CC1. The van der Waals surface area contributed by atoms with Crippen LogP contribution in [0, 0.1) is 11.8 Å². The highest BCUT2D eigenvalue weighted by Gasteiger charge is 2.40. The van der Waals surface area contributed by atoms with Crippen molar-refractivity contribution < 1.29 is 14.3 Å². The largest absolute Gasteiger partial charge is 0.496 e. The molecule has 0 aromatic heterocycles. The molecule has 0 bridgehead atoms. The van der Waals surface area contributed by atoms with Crippen LogP contribution < -0.4 is 10.1 Å². The second-order valence-electron chi connectivity index (χ2n) is 6.97. The third kappa shape index (κ3) is 3.89. The Kier molecular flexibility index (Phi) is 5.07. The number of hydrogen-bond donors (Lipinski definition) is 1. The number of para-hydroxylation sites is 1. The Labute approximate surface area is 143 Å². The molecule has 2 atom stereocenters. The molecule has 1 aromatic rings. The molecule has 2 aliphatic rings. The van der Waals surface area contributed by atoms with Crippen molar-refractivity contribution in [3.63, 3.8) is 0 Å². The zero-order valence-corrected chi connectivity index (χ0v) is 14.5. The molecule has 5 heteroatoms. The number of rotatable bonds is 5. The van der Waals surface area contributed by atoms with Crippen molar-refractivity contribution in [3.8, 4) is 5.75 Å². The van der Waals surface area contributed by atoms with Gasteiger partial charge in [0.1, 0.15) is 5.75 Å². The number of nitrogens with one attached hydrogen (secondary N) is 1. The van der Waals surface area contributed by atoms with Crippen LogP contribution in [0.2, 0.25) is 0 Å². The molecule has 0 unspecified atom stereocenters. The number of benzene rings is 1. The molecule has 2 amide bonds. The summed E-state index contributed by atoms with van der Waals surface area (Å²) >= 11 is 0. The van der Waals surface area contributed by atoms with E-state index in [1.54, 1.807) is 7.11 Å². The molecule has 3 rings (SSSR count). The van der Waals surface area contributed by atoms with Gasteiger partial charge in [-0.15, -0.1) is 0 Å². The van der Waals surface area contributed by atoms with Crippen molar-refractivity contribution in [1.29, 1.82) is 0 Å². The van der Waals surface area contributed by atoms with Crippen LogP contribution in [0.1, 0.15) is 31.7 Å². The average Bonchev–Trinajstić information content (AvgIpc) is 3.33. The van der Waals surface area contributed by atoms with Gasteiger partial charge in [-0.2, -0.15) is 0 Å². The third-order valence-corrected chi connectivity index (χ3v) is 5.17. The van der Waals surface area contributed by atoms with Gasteiger partial charge in [-0.05, 0) is 31.2 Å². The minimum Gasteiger partial charge on any atom is -0.496 e.